The Bertz CT molecular complexity index is 623. The standard InChI is InChI=1S/C8H10ClNO5S2/c9-3-4-16(11,12)8-2-1-6(5-7(8)10)17(13,14)15/h1-2,5H,3-4,10H2,(H,13,14,15). The van der Waals surface area contributed by atoms with Crippen molar-refractivity contribution in [1.29, 1.82) is 0 Å². The number of benzene rings is 1. The average Bonchev–Trinajstić information content (AvgIpc) is 2.15. The second-order valence-corrected chi connectivity index (χ2v) is 7.06. The minimum absolute atomic E-state index is 0.0954. The molecule has 0 aliphatic carbocycles. The maximum Gasteiger partial charge on any atom is 0.294 e. The summed E-state index contributed by atoms with van der Waals surface area (Å²) in [6.07, 6.45) is 0. The number of halogens is 1. The molecule has 96 valence electrons. The van der Waals surface area contributed by atoms with Crippen molar-refractivity contribution in [1.82, 2.24) is 0 Å². The molecule has 0 atom stereocenters. The molecule has 9 heteroatoms. The molecule has 1 aromatic rings. The highest BCUT2D eigenvalue weighted by atomic mass is 35.5. The largest absolute Gasteiger partial charge is 0.398 e. The molecule has 0 saturated heterocycles. The first-order valence-electron chi connectivity index (χ1n) is 4.34. The predicted molar refractivity (Wildman–Crippen MR) is 63.4 cm³/mol. The second-order valence-electron chi connectivity index (χ2n) is 3.18. The van der Waals surface area contributed by atoms with Crippen molar-refractivity contribution in [3.63, 3.8) is 0 Å². The van der Waals surface area contributed by atoms with Gasteiger partial charge in [-0.2, -0.15) is 8.42 Å². The first kappa shape index (κ1) is 14.2. The molecular formula is C8H10ClNO5S2. The van der Waals surface area contributed by atoms with Crippen LogP contribution in [0.3, 0.4) is 0 Å². The summed E-state index contributed by atoms with van der Waals surface area (Å²) in [5.74, 6) is -0.397. The molecule has 3 N–H and O–H groups in total. The van der Waals surface area contributed by atoms with Crippen molar-refractivity contribution in [2.45, 2.75) is 9.79 Å². The quantitative estimate of drug-likeness (QED) is 0.476. The van der Waals surface area contributed by atoms with Crippen molar-refractivity contribution in [3.8, 4) is 0 Å². The van der Waals surface area contributed by atoms with Crippen LogP contribution < -0.4 is 5.73 Å². The van der Waals surface area contributed by atoms with Crippen LogP contribution in [0, 0.1) is 0 Å². The summed E-state index contributed by atoms with van der Waals surface area (Å²) in [6.45, 7) is 0. The van der Waals surface area contributed by atoms with Crippen molar-refractivity contribution in [2.75, 3.05) is 17.4 Å². The highest BCUT2D eigenvalue weighted by Crippen LogP contribution is 2.23. The molecule has 1 aromatic carbocycles. The highest BCUT2D eigenvalue weighted by molar-refractivity contribution is 7.91. The van der Waals surface area contributed by atoms with E-state index in [1.807, 2.05) is 0 Å². The summed E-state index contributed by atoms with van der Waals surface area (Å²) in [7, 11) is -8.04. The molecule has 1 rings (SSSR count). The van der Waals surface area contributed by atoms with Crippen LogP contribution in [-0.4, -0.2) is 33.0 Å². The van der Waals surface area contributed by atoms with Crippen LogP contribution in [0.4, 0.5) is 5.69 Å². The van der Waals surface area contributed by atoms with Crippen molar-refractivity contribution in [2.24, 2.45) is 0 Å². The molecule has 0 aliphatic heterocycles. The van der Waals surface area contributed by atoms with Crippen LogP contribution >= 0.6 is 11.6 Å². The van der Waals surface area contributed by atoms with Gasteiger partial charge in [0.2, 0.25) is 0 Å². The van der Waals surface area contributed by atoms with Gasteiger partial charge in [-0.3, -0.25) is 4.55 Å². The zero-order valence-electron chi connectivity index (χ0n) is 8.50. The van der Waals surface area contributed by atoms with Crippen molar-refractivity contribution >= 4 is 37.2 Å². The SMILES string of the molecule is Nc1cc(S(=O)(=O)O)ccc1S(=O)(=O)CCCl. The normalized spacial score (nSPS) is 12.6. The lowest BCUT2D eigenvalue weighted by Crippen LogP contribution is -2.11. The van der Waals surface area contributed by atoms with E-state index in [9.17, 15) is 16.8 Å². The van der Waals surface area contributed by atoms with Crippen molar-refractivity contribution in [3.05, 3.63) is 18.2 Å². The number of hydrogen-bond donors (Lipinski definition) is 2. The van der Waals surface area contributed by atoms with E-state index in [-0.39, 0.29) is 22.2 Å². The Morgan fingerprint density at radius 3 is 2.24 bits per heavy atom. The van der Waals surface area contributed by atoms with Gasteiger partial charge < -0.3 is 5.73 Å². The fourth-order valence-corrected chi connectivity index (χ4v) is 3.42. The van der Waals surface area contributed by atoms with E-state index >= 15 is 0 Å². The number of sulfone groups is 1. The first-order valence-corrected chi connectivity index (χ1v) is 7.97. The van der Waals surface area contributed by atoms with Crippen LogP contribution in [0.15, 0.2) is 28.0 Å². The summed E-state index contributed by atoms with van der Waals surface area (Å²) in [5, 5.41) is 0. The van der Waals surface area contributed by atoms with Gasteiger partial charge in [0.05, 0.1) is 21.2 Å². The van der Waals surface area contributed by atoms with Gasteiger partial charge >= 0.3 is 0 Å². The smallest absolute Gasteiger partial charge is 0.294 e. The molecule has 0 heterocycles. The topological polar surface area (TPSA) is 115 Å². The number of nitrogens with two attached hydrogens (primary N) is 1. The van der Waals surface area contributed by atoms with Gasteiger partial charge in [-0.05, 0) is 18.2 Å². The molecule has 0 fully saturated rings. The Balaban J connectivity index is 3.34. The Labute approximate surface area is 104 Å². The lowest BCUT2D eigenvalue weighted by molar-refractivity contribution is 0.483. The van der Waals surface area contributed by atoms with E-state index in [2.05, 4.69) is 0 Å². The minimum Gasteiger partial charge on any atom is -0.398 e. The second kappa shape index (κ2) is 4.81. The Kier molecular flexibility index (Phi) is 4.03. The maximum atomic E-state index is 11.6. The van der Waals surface area contributed by atoms with Crippen LogP contribution in [0.1, 0.15) is 0 Å². The predicted octanol–water partition coefficient (Wildman–Crippen LogP) is 0.528. The summed E-state index contributed by atoms with van der Waals surface area (Å²) in [4.78, 5) is -0.662. The molecule has 0 spiro atoms. The lowest BCUT2D eigenvalue weighted by atomic mass is 10.3. The third-order valence-electron chi connectivity index (χ3n) is 1.96. The van der Waals surface area contributed by atoms with Gasteiger partial charge in [0, 0.05) is 5.88 Å². The van der Waals surface area contributed by atoms with Crippen molar-refractivity contribution < 1.29 is 21.4 Å². The summed E-state index contributed by atoms with van der Waals surface area (Å²) in [6, 6.07) is 2.88. The molecule has 0 saturated carbocycles. The zero-order chi connectivity index (χ0) is 13.3. The van der Waals surface area contributed by atoms with E-state index in [4.69, 9.17) is 21.9 Å². The summed E-state index contributed by atoms with van der Waals surface area (Å²) >= 11 is 5.34. The molecule has 0 bridgehead atoms. The van der Waals surface area contributed by atoms with E-state index in [1.54, 1.807) is 0 Å². The third kappa shape index (κ3) is 3.32. The monoisotopic (exact) mass is 299 g/mol. The van der Waals surface area contributed by atoms with Crippen LogP contribution in [0.5, 0.6) is 0 Å². The molecule has 6 nitrogen and oxygen atoms in total. The van der Waals surface area contributed by atoms with Gasteiger partial charge in [-0.15, -0.1) is 11.6 Å². The van der Waals surface area contributed by atoms with Gasteiger partial charge in [0.25, 0.3) is 10.1 Å². The maximum absolute atomic E-state index is 11.6. The third-order valence-corrected chi connectivity index (χ3v) is 5.01. The number of hydrogen-bond acceptors (Lipinski definition) is 5. The van der Waals surface area contributed by atoms with Gasteiger partial charge in [0.15, 0.2) is 9.84 Å². The number of nitrogen functional groups attached to an aromatic ring is 1. The van der Waals surface area contributed by atoms with E-state index in [0.29, 0.717) is 0 Å². The van der Waals surface area contributed by atoms with Gasteiger partial charge in [-0.1, -0.05) is 0 Å². The molecule has 0 amide bonds. The fraction of sp³-hybridized carbons (Fsp3) is 0.250. The van der Waals surface area contributed by atoms with Gasteiger partial charge in [-0.25, -0.2) is 8.42 Å². The van der Waals surface area contributed by atoms with Crippen LogP contribution in [0.2, 0.25) is 0 Å². The number of anilines is 1. The average molecular weight is 300 g/mol. The Morgan fingerprint density at radius 2 is 1.82 bits per heavy atom. The molecule has 0 radical (unpaired) electrons. The van der Waals surface area contributed by atoms with E-state index in [1.165, 1.54) is 0 Å². The number of alkyl halides is 1. The first-order chi connectivity index (χ1) is 7.68. The Morgan fingerprint density at radius 1 is 1.24 bits per heavy atom. The molecule has 0 aliphatic rings. The Hall–Kier alpha value is -0.830. The van der Waals surface area contributed by atoms with E-state index in [0.717, 1.165) is 18.2 Å². The molecular weight excluding hydrogens is 290 g/mol. The van der Waals surface area contributed by atoms with Crippen LogP contribution in [-0.2, 0) is 20.0 Å². The van der Waals surface area contributed by atoms with E-state index < -0.39 is 24.9 Å². The van der Waals surface area contributed by atoms with Gasteiger partial charge in [0.1, 0.15) is 0 Å². The van der Waals surface area contributed by atoms with Crippen LogP contribution in [0.25, 0.3) is 0 Å². The molecule has 17 heavy (non-hydrogen) atoms. The highest BCUT2D eigenvalue weighted by Gasteiger charge is 2.19. The summed E-state index contributed by atoms with van der Waals surface area (Å²) in [5.41, 5.74) is 5.19. The minimum atomic E-state index is -4.40. The molecule has 0 unspecified atom stereocenters. The lowest BCUT2D eigenvalue weighted by Gasteiger charge is -2.07. The fourth-order valence-electron chi connectivity index (χ4n) is 1.18. The zero-order valence-corrected chi connectivity index (χ0v) is 10.9. The molecule has 0 aromatic heterocycles. The number of rotatable bonds is 4. The summed E-state index contributed by atoms with van der Waals surface area (Å²) < 4.78 is 53.6.